The van der Waals surface area contributed by atoms with Gasteiger partial charge in [0.2, 0.25) is 5.88 Å². The molecule has 1 aromatic rings. The first kappa shape index (κ1) is 22.1. The van der Waals surface area contributed by atoms with E-state index in [-0.39, 0.29) is 41.5 Å². The fourth-order valence-electron chi connectivity index (χ4n) is 1.87. The predicted molar refractivity (Wildman–Crippen MR) is 102 cm³/mol. The lowest BCUT2D eigenvalue weighted by Gasteiger charge is -2.13. The summed E-state index contributed by atoms with van der Waals surface area (Å²) in [4.78, 5) is 8.07. The average Bonchev–Trinajstić information content (AvgIpc) is 3.33. The third kappa shape index (κ3) is 7.85. The normalized spacial score (nSPS) is 14.7. The summed E-state index contributed by atoms with van der Waals surface area (Å²) < 4.78 is 42.9. The smallest absolute Gasteiger partial charge is 0.417 e. The van der Waals surface area contributed by atoms with Crippen molar-refractivity contribution >= 4 is 41.5 Å². The van der Waals surface area contributed by atoms with Gasteiger partial charge in [0, 0.05) is 19.3 Å². The lowest BCUT2D eigenvalue weighted by Crippen LogP contribution is -2.39. The number of ether oxygens (including phenoxy) is 1. The van der Waals surface area contributed by atoms with Crippen LogP contribution in [0.5, 0.6) is 5.88 Å². The van der Waals surface area contributed by atoms with Crippen molar-refractivity contribution in [1.82, 2.24) is 15.6 Å². The van der Waals surface area contributed by atoms with Gasteiger partial charge in [0.15, 0.2) is 5.96 Å². The molecule has 5 nitrogen and oxygen atoms in total. The summed E-state index contributed by atoms with van der Waals surface area (Å²) in [7, 11) is 0. The molecule has 1 aliphatic rings. The third-order valence-corrected chi connectivity index (χ3v) is 3.59. The van der Waals surface area contributed by atoms with Gasteiger partial charge in [-0.2, -0.15) is 13.2 Å². The zero-order valence-electron chi connectivity index (χ0n) is 13.7. The topological polar surface area (TPSA) is 58.5 Å². The Bertz CT molecular complexity index is 582. The minimum Gasteiger partial charge on any atom is -0.475 e. The number of aliphatic imine (C=N–C) groups is 1. The van der Waals surface area contributed by atoms with E-state index in [1.165, 1.54) is 12.8 Å². The highest BCUT2D eigenvalue weighted by atomic mass is 127. The zero-order chi connectivity index (χ0) is 17.6. The molecule has 1 saturated carbocycles. The average molecular weight is 493 g/mol. The highest BCUT2D eigenvalue weighted by Gasteiger charge is 2.31. The zero-order valence-corrected chi connectivity index (χ0v) is 16.8. The molecule has 1 aromatic heterocycles. The van der Waals surface area contributed by atoms with E-state index in [4.69, 9.17) is 16.3 Å². The number of aromatic nitrogens is 1. The lowest BCUT2D eigenvalue weighted by atomic mass is 10.3. The van der Waals surface area contributed by atoms with E-state index in [1.54, 1.807) is 0 Å². The molecule has 0 radical (unpaired) electrons. The number of nitrogens with one attached hydrogen (secondary N) is 2. The van der Waals surface area contributed by atoms with E-state index < -0.39 is 11.7 Å². The van der Waals surface area contributed by atoms with E-state index in [0.717, 1.165) is 19.2 Å². The number of alkyl halides is 3. The quantitative estimate of drug-likeness (QED) is 0.264. The molecule has 25 heavy (non-hydrogen) atoms. The highest BCUT2D eigenvalue weighted by Crippen LogP contribution is 2.33. The summed E-state index contributed by atoms with van der Waals surface area (Å²) in [5.41, 5.74) is -0.903. The van der Waals surface area contributed by atoms with Crippen molar-refractivity contribution in [1.29, 1.82) is 0 Å². The summed E-state index contributed by atoms with van der Waals surface area (Å²) in [6.45, 7) is 4.13. The maximum Gasteiger partial charge on any atom is 0.417 e. The highest BCUT2D eigenvalue weighted by molar-refractivity contribution is 14.0. The number of hydrogen-bond donors (Lipinski definition) is 2. The van der Waals surface area contributed by atoms with Crippen molar-refractivity contribution in [2.75, 3.05) is 26.2 Å². The molecule has 0 saturated heterocycles. The summed E-state index contributed by atoms with van der Waals surface area (Å²) in [5, 5.41) is 6.04. The maximum absolute atomic E-state index is 12.5. The van der Waals surface area contributed by atoms with Crippen LogP contribution in [-0.2, 0) is 6.18 Å². The van der Waals surface area contributed by atoms with Gasteiger partial charge in [-0.05, 0) is 31.7 Å². The van der Waals surface area contributed by atoms with Crippen LogP contribution in [-0.4, -0.2) is 37.2 Å². The minimum absolute atomic E-state index is 0. The van der Waals surface area contributed by atoms with Gasteiger partial charge in [-0.15, -0.1) is 24.0 Å². The van der Waals surface area contributed by atoms with Crippen LogP contribution in [0.1, 0.15) is 25.3 Å². The van der Waals surface area contributed by atoms with E-state index in [1.807, 2.05) is 6.92 Å². The van der Waals surface area contributed by atoms with E-state index >= 15 is 0 Å². The summed E-state index contributed by atoms with van der Waals surface area (Å²) >= 11 is 5.77. The number of nitrogens with zero attached hydrogens (tertiary/aromatic N) is 2. The fraction of sp³-hybridized carbons (Fsp3) is 0.600. The Hall–Kier alpha value is -0.970. The van der Waals surface area contributed by atoms with Crippen LogP contribution in [0.2, 0.25) is 5.02 Å². The van der Waals surface area contributed by atoms with Crippen molar-refractivity contribution in [3.8, 4) is 5.88 Å². The summed E-state index contributed by atoms with van der Waals surface area (Å²) in [6.07, 6.45) is -1.32. The molecule has 0 aromatic carbocycles. The Labute approximate surface area is 166 Å². The van der Waals surface area contributed by atoms with Crippen LogP contribution in [0.3, 0.4) is 0 Å². The lowest BCUT2D eigenvalue weighted by molar-refractivity contribution is -0.137. The number of pyridine rings is 1. The van der Waals surface area contributed by atoms with E-state index in [2.05, 4.69) is 20.6 Å². The second-order valence-electron chi connectivity index (χ2n) is 5.45. The molecule has 1 aliphatic carbocycles. The molecule has 0 aliphatic heterocycles. The van der Waals surface area contributed by atoms with Crippen LogP contribution in [0.25, 0.3) is 0 Å². The van der Waals surface area contributed by atoms with Gasteiger partial charge >= 0.3 is 6.18 Å². The van der Waals surface area contributed by atoms with Gasteiger partial charge in [-0.1, -0.05) is 11.6 Å². The first-order valence-corrected chi connectivity index (χ1v) is 8.15. The molecule has 1 heterocycles. The summed E-state index contributed by atoms with van der Waals surface area (Å²) in [5.74, 6) is 1.36. The van der Waals surface area contributed by atoms with Crippen molar-refractivity contribution in [3.63, 3.8) is 0 Å². The molecule has 0 amide bonds. The van der Waals surface area contributed by atoms with Crippen molar-refractivity contribution in [3.05, 3.63) is 22.8 Å². The predicted octanol–water partition coefficient (Wildman–Crippen LogP) is 3.72. The van der Waals surface area contributed by atoms with Gasteiger partial charge < -0.3 is 15.4 Å². The van der Waals surface area contributed by atoms with E-state index in [0.29, 0.717) is 24.6 Å². The molecule has 1 fully saturated rings. The number of rotatable bonds is 7. The second kappa shape index (κ2) is 10.2. The van der Waals surface area contributed by atoms with E-state index in [9.17, 15) is 13.2 Å². The van der Waals surface area contributed by atoms with Crippen LogP contribution in [0.4, 0.5) is 13.2 Å². The van der Waals surface area contributed by atoms with Crippen LogP contribution >= 0.6 is 35.6 Å². The van der Waals surface area contributed by atoms with Crippen molar-refractivity contribution in [2.45, 2.75) is 25.9 Å². The van der Waals surface area contributed by atoms with Crippen LogP contribution in [0, 0.1) is 5.92 Å². The molecule has 0 unspecified atom stereocenters. The molecule has 10 heteroatoms. The van der Waals surface area contributed by atoms with Gasteiger partial charge in [0.25, 0.3) is 0 Å². The van der Waals surface area contributed by atoms with Gasteiger partial charge in [0.05, 0.1) is 12.1 Å². The molecule has 2 rings (SSSR count). The molecule has 0 atom stereocenters. The van der Waals surface area contributed by atoms with Crippen molar-refractivity contribution in [2.24, 2.45) is 10.9 Å². The molecule has 0 spiro atoms. The van der Waals surface area contributed by atoms with Crippen LogP contribution in [0.15, 0.2) is 17.3 Å². The van der Waals surface area contributed by atoms with Crippen LogP contribution < -0.4 is 15.4 Å². The summed E-state index contributed by atoms with van der Waals surface area (Å²) in [6, 6.07) is 0.804. The van der Waals surface area contributed by atoms with Gasteiger partial charge in [-0.3, -0.25) is 4.99 Å². The monoisotopic (exact) mass is 492 g/mol. The Kier molecular flexibility index (Phi) is 9.04. The molecular weight excluding hydrogens is 472 g/mol. The van der Waals surface area contributed by atoms with Gasteiger partial charge in [0.1, 0.15) is 11.6 Å². The first-order chi connectivity index (χ1) is 11.4. The minimum atomic E-state index is -4.48. The number of halogens is 5. The Morgan fingerprint density at radius 2 is 2.12 bits per heavy atom. The largest absolute Gasteiger partial charge is 0.475 e. The maximum atomic E-state index is 12.5. The standard InChI is InChI=1S/C15H20ClF3N4O.HI/c1-2-20-14(23-8-10-3-4-10)21-5-6-24-13-12(16)7-11(9-22-13)15(17,18)19;/h7,9-10H,2-6,8H2,1H3,(H2,20,21,23);1H. The van der Waals surface area contributed by atoms with Gasteiger partial charge in [-0.25, -0.2) is 4.98 Å². The Morgan fingerprint density at radius 3 is 2.68 bits per heavy atom. The molecule has 0 bridgehead atoms. The number of hydrogen-bond acceptors (Lipinski definition) is 3. The SMILES string of the molecule is CCNC(=NCC1CC1)NCCOc1ncc(C(F)(F)F)cc1Cl.I. The molecular formula is C15H21ClF3IN4O. The van der Waals surface area contributed by atoms with Crippen molar-refractivity contribution < 1.29 is 17.9 Å². The second-order valence-corrected chi connectivity index (χ2v) is 5.85. The fourth-order valence-corrected chi connectivity index (χ4v) is 2.09. The first-order valence-electron chi connectivity index (χ1n) is 7.78. The number of guanidine groups is 1. The molecule has 142 valence electrons. The Morgan fingerprint density at radius 1 is 1.40 bits per heavy atom. The molecule has 2 N–H and O–H groups in total. The third-order valence-electron chi connectivity index (χ3n) is 3.32. The Balaban J connectivity index is 0.00000312.